The molecule has 1 aliphatic rings. The number of rotatable bonds is 2. The lowest BCUT2D eigenvalue weighted by Gasteiger charge is -2.23. The third kappa shape index (κ3) is 2.48. The van der Waals surface area contributed by atoms with Gasteiger partial charge in [0.25, 0.3) is 0 Å². The molecular weight excluding hydrogens is 266 g/mol. The molecule has 1 unspecified atom stereocenters. The third-order valence-corrected chi connectivity index (χ3v) is 3.25. The predicted molar refractivity (Wildman–Crippen MR) is 79.0 cm³/mol. The molecule has 21 heavy (non-hydrogen) atoms. The molecule has 104 valence electrons. The van der Waals surface area contributed by atoms with Gasteiger partial charge in [-0.05, 0) is 12.1 Å². The van der Waals surface area contributed by atoms with Gasteiger partial charge in [-0.15, -0.1) is 0 Å². The van der Waals surface area contributed by atoms with Gasteiger partial charge in [0.05, 0.1) is 11.4 Å². The Morgan fingerprint density at radius 1 is 1.05 bits per heavy atom. The van der Waals surface area contributed by atoms with Crippen molar-refractivity contribution >= 4 is 23.2 Å². The zero-order valence-corrected chi connectivity index (χ0v) is 11.4. The molecule has 0 saturated carbocycles. The smallest absolute Gasteiger partial charge is 0.303 e. The van der Waals surface area contributed by atoms with Gasteiger partial charge in [0, 0.05) is 18.1 Å². The summed E-state index contributed by atoms with van der Waals surface area (Å²) in [6, 6.07) is 16.3. The minimum absolute atomic E-state index is 0.241. The summed E-state index contributed by atoms with van der Waals surface area (Å²) < 4.78 is 5.21. The van der Waals surface area contributed by atoms with Crippen molar-refractivity contribution in [1.82, 2.24) is 0 Å². The van der Waals surface area contributed by atoms with Crippen LogP contribution in [0.25, 0.3) is 0 Å². The van der Waals surface area contributed by atoms with Gasteiger partial charge in [-0.25, -0.2) is 4.99 Å². The summed E-state index contributed by atoms with van der Waals surface area (Å²) in [6.45, 7) is 1.29. The zero-order valence-electron chi connectivity index (χ0n) is 11.4. The van der Waals surface area contributed by atoms with Crippen molar-refractivity contribution in [1.29, 1.82) is 0 Å². The molecule has 0 N–H and O–H groups in total. The Labute approximate surface area is 122 Å². The highest BCUT2D eigenvalue weighted by molar-refractivity contribution is 6.25. The molecular formula is C17H13NO3. The molecule has 1 aliphatic heterocycles. The van der Waals surface area contributed by atoms with Gasteiger partial charge in [-0.2, -0.15) is 0 Å². The highest BCUT2D eigenvalue weighted by Gasteiger charge is 2.34. The highest BCUT2D eigenvalue weighted by atomic mass is 16.5. The second-order valence-electron chi connectivity index (χ2n) is 4.73. The summed E-state index contributed by atoms with van der Waals surface area (Å²) in [5.74, 6) is -0.744. The number of hydrogen-bond acceptors (Lipinski definition) is 4. The van der Waals surface area contributed by atoms with E-state index in [2.05, 4.69) is 4.99 Å². The Kier molecular flexibility index (Phi) is 3.36. The first-order valence-corrected chi connectivity index (χ1v) is 6.61. The maximum atomic E-state index is 12.6. The molecule has 1 heterocycles. The fraction of sp³-hybridized carbons (Fsp3) is 0.118. The first kappa shape index (κ1) is 13.2. The first-order chi connectivity index (χ1) is 10.2. The van der Waals surface area contributed by atoms with Crippen LogP contribution in [0.15, 0.2) is 59.6 Å². The second-order valence-corrected chi connectivity index (χ2v) is 4.73. The molecule has 4 heteroatoms. The largest absolute Gasteiger partial charge is 0.447 e. The number of hydrogen-bond donors (Lipinski definition) is 0. The lowest BCUT2D eigenvalue weighted by atomic mass is 9.93. The van der Waals surface area contributed by atoms with E-state index in [1.165, 1.54) is 6.92 Å². The van der Waals surface area contributed by atoms with Crippen molar-refractivity contribution in [3.63, 3.8) is 0 Å². The Hall–Kier alpha value is -2.75. The maximum absolute atomic E-state index is 12.6. The Balaban J connectivity index is 2.15. The summed E-state index contributed by atoms with van der Waals surface area (Å²) in [6.07, 6.45) is -0.986. The van der Waals surface area contributed by atoms with Gasteiger partial charge in [-0.3, -0.25) is 9.59 Å². The average molecular weight is 279 g/mol. The number of ether oxygens (including phenoxy) is 1. The van der Waals surface area contributed by atoms with Crippen LogP contribution in [0.1, 0.15) is 22.8 Å². The van der Waals surface area contributed by atoms with E-state index in [1.54, 1.807) is 18.2 Å². The van der Waals surface area contributed by atoms with Gasteiger partial charge in [0.15, 0.2) is 0 Å². The normalized spacial score (nSPS) is 16.9. The number of Topliss-reactive ketones (excluding diaryl/α,β-unsaturated/α-hetero) is 1. The molecule has 4 nitrogen and oxygen atoms in total. The van der Waals surface area contributed by atoms with E-state index in [-0.39, 0.29) is 5.78 Å². The molecule has 0 spiro atoms. The Morgan fingerprint density at radius 2 is 1.71 bits per heavy atom. The predicted octanol–water partition coefficient (Wildman–Crippen LogP) is 2.94. The molecule has 0 aromatic heterocycles. The number of aliphatic imine (C=N–C) groups is 1. The van der Waals surface area contributed by atoms with Crippen molar-refractivity contribution in [3.8, 4) is 0 Å². The number of ketones is 1. The molecule has 0 fully saturated rings. The van der Waals surface area contributed by atoms with Crippen LogP contribution in [-0.4, -0.2) is 23.6 Å². The number of para-hydroxylation sites is 1. The average Bonchev–Trinajstić information content (AvgIpc) is 2.50. The standard InChI is InChI=1S/C17H13NO3/c1-11(19)21-17-15(12-7-3-2-4-8-12)18-14-10-6-5-9-13(14)16(17)20/h2-10,17H,1H3. The number of carbonyl (C=O) groups is 2. The Bertz CT molecular complexity index is 735. The van der Waals surface area contributed by atoms with Gasteiger partial charge < -0.3 is 4.74 Å². The van der Waals surface area contributed by atoms with Crippen LogP contribution in [0.3, 0.4) is 0 Å². The van der Waals surface area contributed by atoms with E-state index < -0.39 is 12.1 Å². The molecule has 0 amide bonds. The van der Waals surface area contributed by atoms with Gasteiger partial charge in [-0.1, -0.05) is 42.5 Å². The van der Waals surface area contributed by atoms with Gasteiger partial charge in [0.2, 0.25) is 11.9 Å². The number of esters is 1. The summed E-state index contributed by atoms with van der Waals surface area (Å²) in [5.41, 5.74) is 2.31. The van der Waals surface area contributed by atoms with Crippen LogP contribution in [0.5, 0.6) is 0 Å². The molecule has 2 aromatic rings. The highest BCUT2D eigenvalue weighted by Crippen LogP contribution is 2.29. The summed E-state index contributed by atoms with van der Waals surface area (Å²) in [4.78, 5) is 28.4. The summed E-state index contributed by atoms with van der Waals surface area (Å²) in [5, 5.41) is 0. The van der Waals surface area contributed by atoms with Crippen LogP contribution in [0, 0.1) is 0 Å². The van der Waals surface area contributed by atoms with E-state index in [9.17, 15) is 9.59 Å². The monoisotopic (exact) mass is 279 g/mol. The van der Waals surface area contributed by atoms with Crippen molar-refractivity contribution < 1.29 is 14.3 Å². The molecule has 0 radical (unpaired) electrons. The molecule has 2 aromatic carbocycles. The van der Waals surface area contributed by atoms with Crippen molar-refractivity contribution in [2.24, 2.45) is 4.99 Å². The zero-order chi connectivity index (χ0) is 14.8. The summed E-state index contributed by atoms with van der Waals surface area (Å²) in [7, 11) is 0. The molecule has 0 aliphatic carbocycles. The fourth-order valence-corrected chi connectivity index (χ4v) is 2.33. The first-order valence-electron chi connectivity index (χ1n) is 6.61. The number of carbonyl (C=O) groups excluding carboxylic acids is 2. The number of benzene rings is 2. The molecule has 3 rings (SSSR count). The van der Waals surface area contributed by atoms with E-state index in [0.29, 0.717) is 17.0 Å². The maximum Gasteiger partial charge on any atom is 0.303 e. The van der Waals surface area contributed by atoms with Crippen molar-refractivity contribution in [2.45, 2.75) is 13.0 Å². The van der Waals surface area contributed by atoms with Gasteiger partial charge in [0.1, 0.15) is 0 Å². The second kappa shape index (κ2) is 5.32. The van der Waals surface area contributed by atoms with Crippen LogP contribution in [0.2, 0.25) is 0 Å². The van der Waals surface area contributed by atoms with Crippen molar-refractivity contribution in [2.75, 3.05) is 0 Å². The SMILES string of the molecule is CC(=O)OC1C(=O)c2ccccc2N=C1c1ccccc1. The van der Waals surface area contributed by atoms with Crippen LogP contribution >= 0.6 is 0 Å². The number of nitrogens with zero attached hydrogens (tertiary/aromatic N) is 1. The van der Waals surface area contributed by atoms with E-state index in [1.807, 2.05) is 36.4 Å². The Morgan fingerprint density at radius 3 is 2.43 bits per heavy atom. The lowest BCUT2D eigenvalue weighted by molar-refractivity contribution is -0.141. The van der Waals surface area contributed by atoms with Crippen LogP contribution in [-0.2, 0) is 9.53 Å². The topological polar surface area (TPSA) is 55.7 Å². The minimum atomic E-state index is -0.986. The number of fused-ring (bicyclic) bond motifs is 1. The molecule has 0 bridgehead atoms. The fourth-order valence-electron chi connectivity index (χ4n) is 2.33. The minimum Gasteiger partial charge on any atom is -0.447 e. The lowest BCUT2D eigenvalue weighted by Crippen LogP contribution is -2.37. The van der Waals surface area contributed by atoms with E-state index >= 15 is 0 Å². The quantitative estimate of drug-likeness (QED) is 0.794. The molecule has 1 atom stereocenters. The van der Waals surface area contributed by atoms with Crippen LogP contribution in [0.4, 0.5) is 5.69 Å². The third-order valence-electron chi connectivity index (χ3n) is 3.25. The summed E-state index contributed by atoms with van der Waals surface area (Å²) >= 11 is 0. The molecule has 0 saturated heterocycles. The van der Waals surface area contributed by atoms with E-state index in [0.717, 1.165) is 5.56 Å². The van der Waals surface area contributed by atoms with E-state index in [4.69, 9.17) is 4.74 Å². The van der Waals surface area contributed by atoms with Crippen molar-refractivity contribution in [3.05, 3.63) is 65.7 Å². The van der Waals surface area contributed by atoms with Crippen LogP contribution < -0.4 is 0 Å². The van der Waals surface area contributed by atoms with Gasteiger partial charge >= 0.3 is 5.97 Å².